The lowest BCUT2D eigenvalue weighted by Gasteiger charge is -2.48. The molecule has 2 aliphatic heterocycles. The number of piperidine rings is 2. The molecule has 19 heavy (non-hydrogen) atoms. The van der Waals surface area contributed by atoms with Crippen molar-refractivity contribution < 1.29 is 18.3 Å². The van der Waals surface area contributed by atoms with Crippen molar-refractivity contribution in [2.75, 3.05) is 0 Å². The molecule has 4 rings (SSSR count). The van der Waals surface area contributed by atoms with Gasteiger partial charge in [-0.3, -0.25) is 4.79 Å². The molecule has 1 aromatic heterocycles. The Labute approximate surface area is 115 Å². The first-order chi connectivity index (χ1) is 9.01. The minimum absolute atomic E-state index is 0.0442. The van der Waals surface area contributed by atoms with Gasteiger partial charge in [0.05, 0.1) is 0 Å². The lowest BCUT2D eigenvalue weighted by atomic mass is 9.76. The van der Waals surface area contributed by atoms with E-state index >= 15 is 0 Å². The third-order valence-corrected chi connectivity index (χ3v) is 7.41. The topological polar surface area (TPSA) is 74.7 Å². The van der Waals surface area contributed by atoms with E-state index in [0.717, 1.165) is 37.0 Å². The van der Waals surface area contributed by atoms with Crippen LogP contribution in [0.1, 0.15) is 25.7 Å². The van der Waals surface area contributed by atoms with E-state index in [1.54, 1.807) is 17.5 Å². The maximum atomic E-state index is 12.6. The molecule has 2 saturated heterocycles. The van der Waals surface area contributed by atoms with E-state index in [2.05, 4.69) is 0 Å². The number of aliphatic carboxylic acids is 1. The van der Waals surface area contributed by atoms with Gasteiger partial charge in [-0.25, -0.2) is 8.42 Å². The van der Waals surface area contributed by atoms with E-state index in [9.17, 15) is 18.3 Å². The quantitative estimate of drug-likeness (QED) is 0.923. The van der Waals surface area contributed by atoms with E-state index in [-0.39, 0.29) is 16.2 Å². The highest BCUT2D eigenvalue weighted by atomic mass is 32.2. The second-order valence-corrected chi connectivity index (χ2v) is 8.14. The lowest BCUT2D eigenvalue weighted by Crippen LogP contribution is -2.60. The van der Waals surface area contributed by atoms with E-state index in [1.807, 2.05) is 0 Å². The summed E-state index contributed by atoms with van der Waals surface area (Å²) in [6, 6.07) is 2.18. The number of hydrogen-bond donors (Lipinski definition) is 1. The number of carbonyl (C=O) groups is 1. The van der Waals surface area contributed by atoms with Gasteiger partial charge in [0.2, 0.25) is 0 Å². The molecule has 7 heteroatoms. The molecule has 3 heterocycles. The van der Waals surface area contributed by atoms with Crippen LogP contribution in [-0.2, 0) is 14.8 Å². The summed E-state index contributed by atoms with van der Waals surface area (Å²) in [5.74, 6) is -1.06. The molecule has 1 N–H and O–H groups in total. The van der Waals surface area contributed by atoms with E-state index in [4.69, 9.17) is 0 Å². The normalized spacial score (nSPS) is 31.5. The number of carboxylic acid groups (broad SMARTS) is 1. The molecular weight excluding hydrogens is 286 g/mol. The molecule has 1 aliphatic carbocycles. The van der Waals surface area contributed by atoms with Crippen LogP contribution in [-0.4, -0.2) is 35.9 Å². The summed E-state index contributed by atoms with van der Waals surface area (Å²) >= 11 is 1.14. The zero-order valence-electron chi connectivity index (χ0n) is 10.2. The van der Waals surface area contributed by atoms with Crippen LogP contribution in [0.15, 0.2) is 21.7 Å². The Kier molecular flexibility index (Phi) is 3.15. The average Bonchev–Trinajstić information content (AvgIpc) is 2.93. The van der Waals surface area contributed by atoms with Crippen LogP contribution in [0.3, 0.4) is 0 Å². The number of nitrogens with zero attached hydrogens (tertiary/aromatic N) is 1. The molecule has 0 amide bonds. The third-order valence-electron chi connectivity index (χ3n) is 4.10. The van der Waals surface area contributed by atoms with Crippen molar-refractivity contribution in [3.05, 3.63) is 17.5 Å². The Morgan fingerprint density at radius 3 is 2.53 bits per heavy atom. The molecule has 2 bridgehead atoms. The van der Waals surface area contributed by atoms with Gasteiger partial charge in [0, 0.05) is 6.04 Å². The summed E-state index contributed by atoms with van der Waals surface area (Å²) in [6.45, 7) is 0. The zero-order valence-corrected chi connectivity index (χ0v) is 11.9. The summed E-state index contributed by atoms with van der Waals surface area (Å²) in [6.07, 6.45) is 3.19. The molecule has 1 saturated carbocycles. The maximum absolute atomic E-state index is 12.6. The number of hydrogen-bond acceptors (Lipinski definition) is 4. The van der Waals surface area contributed by atoms with Crippen LogP contribution in [0.2, 0.25) is 0 Å². The first-order valence-electron chi connectivity index (χ1n) is 6.31. The number of sulfonamides is 1. The molecule has 5 nitrogen and oxygen atoms in total. The molecule has 104 valence electrons. The molecule has 0 aromatic carbocycles. The molecule has 3 fully saturated rings. The monoisotopic (exact) mass is 301 g/mol. The SMILES string of the molecule is O=C(O)C1C2CCC(CC2)N1S(=O)(=O)c1cccs1. The maximum Gasteiger partial charge on any atom is 0.322 e. The molecule has 0 spiro atoms. The van der Waals surface area contributed by atoms with Crippen molar-refractivity contribution in [1.82, 2.24) is 4.31 Å². The van der Waals surface area contributed by atoms with Gasteiger partial charge in [0.1, 0.15) is 10.3 Å². The summed E-state index contributed by atoms with van der Waals surface area (Å²) < 4.78 is 26.8. The second-order valence-electron chi connectivity index (χ2n) is 5.12. The first-order valence-corrected chi connectivity index (χ1v) is 8.63. The van der Waals surface area contributed by atoms with E-state index in [1.165, 1.54) is 4.31 Å². The van der Waals surface area contributed by atoms with Crippen LogP contribution in [0.25, 0.3) is 0 Å². The zero-order chi connectivity index (χ0) is 13.6. The van der Waals surface area contributed by atoms with Crippen LogP contribution in [0.5, 0.6) is 0 Å². The highest BCUT2D eigenvalue weighted by Gasteiger charge is 2.51. The van der Waals surface area contributed by atoms with Crippen molar-refractivity contribution in [3.63, 3.8) is 0 Å². The van der Waals surface area contributed by atoms with Crippen LogP contribution >= 0.6 is 11.3 Å². The van der Waals surface area contributed by atoms with Crippen LogP contribution in [0, 0.1) is 5.92 Å². The van der Waals surface area contributed by atoms with Crippen molar-refractivity contribution in [3.8, 4) is 0 Å². The van der Waals surface area contributed by atoms with Gasteiger partial charge >= 0.3 is 5.97 Å². The third kappa shape index (κ3) is 2.00. The van der Waals surface area contributed by atoms with Crippen molar-refractivity contribution in [1.29, 1.82) is 0 Å². The number of rotatable bonds is 3. The van der Waals surface area contributed by atoms with Crippen molar-refractivity contribution in [2.24, 2.45) is 5.92 Å². The summed E-state index contributed by atoms with van der Waals surface area (Å²) in [7, 11) is -3.67. The Morgan fingerprint density at radius 2 is 2.00 bits per heavy atom. The van der Waals surface area contributed by atoms with E-state index < -0.39 is 22.0 Å². The Balaban J connectivity index is 2.04. The van der Waals surface area contributed by atoms with Gasteiger partial charge in [0.25, 0.3) is 10.0 Å². The van der Waals surface area contributed by atoms with Crippen molar-refractivity contribution in [2.45, 2.75) is 42.0 Å². The fourth-order valence-corrected chi connectivity index (χ4v) is 6.26. The predicted octanol–water partition coefficient (Wildman–Crippen LogP) is 1.76. The fraction of sp³-hybridized carbons (Fsp3) is 0.583. The predicted molar refractivity (Wildman–Crippen MR) is 70.5 cm³/mol. The standard InChI is InChI=1S/C12H15NO4S2/c14-12(15)11-8-3-5-9(6-4-8)13(11)19(16,17)10-2-1-7-18-10/h1-2,7-9,11H,3-6H2,(H,14,15). The fourth-order valence-electron chi connectivity index (χ4n) is 3.28. The summed E-state index contributed by atoms with van der Waals surface area (Å²) in [5.41, 5.74) is 0. The molecule has 1 aromatic rings. The molecule has 3 aliphatic rings. The van der Waals surface area contributed by atoms with Gasteiger partial charge in [-0.1, -0.05) is 6.07 Å². The van der Waals surface area contributed by atoms with Gasteiger partial charge in [-0.15, -0.1) is 11.3 Å². The first kappa shape index (κ1) is 13.1. The smallest absolute Gasteiger partial charge is 0.322 e. The lowest BCUT2D eigenvalue weighted by molar-refractivity contribution is -0.147. The summed E-state index contributed by atoms with van der Waals surface area (Å²) in [4.78, 5) is 11.5. The highest BCUT2D eigenvalue weighted by Crippen LogP contribution is 2.43. The van der Waals surface area contributed by atoms with Gasteiger partial charge in [-0.2, -0.15) is 4.31 Å². The van der Waals surface area contributed by atoms with Crippen molar-refractivity contribution >= 4 is 27.3 Å². The largest absolute Gasteiger partial charge is 0.480 e. The Hall–Kier alpha value is -0.920. The number of fused-ring (bicyclic) bond motifs is 3. The number of carboxylic acids is 1. The van der Waals surface area contributed by atoms with Gasteiger partial charge in [-0.05, 0) is 43.0 Å². The molecule has 1 atom stereocenters. The average molecular weight is 301 g/mol. The molecule has 1 unspecified atom stereocenters. The van der Waals surface area contributed by atoms with Crippen LogP contribution < -0.4 is 0 Å². The minimum atomic E-state index is -3.67. The Morgan fingerprint density at radius 1 is 1.32 bits per heavy atom. The molecular formula is C12H15NO4S2. The van der Waals surface area contributed by atoms with Crippen LogP contribution in [0.4, 0.5) is 0 Å². The summed E-state index contributed by atoms with van der Waals surface area (Å²) in [5, 5.41) is 11.1. The van der Waals surface area contributed by atoms with Gasteiger partial charge < -0.3 is 5.11 Å². The Bertz CT molecular complexity index is 573. The number of thiophene rings is 1. The minimum Gasteiger partial charge on any atom is -0.480 e. The second kappa shape index (κ2) is 4.57. The molecule has 0 radical (unpaired) electrons. The highest BCUT2D eigenvalue weighted by molar-refractivity contribution is 7.91. The van der Waals surface area contributed by atoms with Gasteiger partial charge in [0.15, 0.2) is 0 Å². The van der Waals surface area contributed by atoms with E-state index in [0.29, 0.717) is 0 Å².